The molecule has 4 aliphatic heterocycles. The number of nitrogens with zero attached hydrogens (tertiary/aromatic N) is 5. The predicted octanol–water partition coefficient (Wildman–Crippen LogP) is 2.51. The zero-order chi connectivity index (χ0) is 21.5. The Morgan fingerprint density at radius 1 is 1.06 bits per heavy atom. The average Bonchev–Trinajstić information content (AvgIpc) is 2.71. The lowest BCUT2D eigenvalue weighted by atomic mass is 9.78. The fraction of sp³-hybridized carbons (Fsp3) is 0.542. The zero-order valence-corrected chi connectivity index (χ0v) is 18.2. The smallest absolute Gasteiger partial charge is 0.134 e. The molecule has 0 aliphatic carbocycles. The molecular weight excluding hydrogens is 404 g/mol. The lowest BCUT2D eigenvalue weighted by Gasteiger charge is -2.55. The van der Waals surface area contributed by atoms with E-state index < -0.39 is 0 Å². The van der Waals surface area contributed by atoms with Gasteiger partial charge in [0.15, 0.2) is 0 Å². The molecule has 6 rings (SSSR count). The maximum Gasteiger partial charge on any atom is 0.134 e. The fourth-order valence-electron chi connectivity index (χ4n) is 5.23. The first-order chi connectivity index (χ1) is 15.7. The number of rotatable bonds is 5. The van der Waals surface area contributed by atoms with Crippen molar-refractivity contribution in [1.82, 2.24) is 14.9 Å². The standard InChI is InChI=1S/C24H28N6O2/c25-10-17-1-4-26-21(7-17)27-22-8-19(18-2-5-29(6-3-18)20-11-31-12-20)9-23(28-22)30-13-24(14-30)15-32-16-24/h1,4,7-9,18,20H,2-3,5-6,11-16H2,(H,26,27,28). The first-order valence-electron chi connectivity index (χ1n) is 11.5. The predicted molar refractivity (Wildman–Crippen MR) is 120 cm³/mol. The topological polar surface area (TPSA) is 86.5 Å². The van der Waals surface area contributed by atoms with Gasteiger partial charge in [-0.05, 0) is 61.7 Å². The molecule has 166 valence electrons. The summed E-state index contributed by atoms with van der Waals surface area (Å²) in [5.41, 5.74) is 2.26. The summed E-state index contributed by atoms with van der Waals surface area (Å²) in [6.45, 7) is 7.74. The normalized spacial score (nSPS) is 23.2. The van der Waals surface area contributed by atoms with Crippen molar-refractivity contribution < 1.29 is 9.47 Å². The molecule has 0 radical (unpaired) electrons. The van der Waals surface area contributed by atoms with Crippen molar-refractivity contribution in [1.29, 1.82) is 5.26 Å². The van der Waals surface area contributed by atoms with Gasteiger partial charge in [0.05, 0.1) is 49.5 Å². The molecule has 1 N–H and O–H groups in total. The molecule has 4 fully saturated rings. The second-order valence-electron chi connectivity index (χ2n) is 9.66. The Bertz CT molecular complexity index is 1030. The van der Waals surface area contributed by atoms with Crippen LogP contribution < -0.4 is 10.2 Å². The lowest BCUT2D eigenvalue weighted by Crippen LogP contribution is -2.66. The van der Waals surface area contributed by atoms with E-state index in [0.29, 0.717) is 28.8 Å². The highest BCUT2D eigenvalue weighted by Crippen LogP contribution is 2.41. The fourth-order valence-corrected chi connectivity index (χ4v) is 5.23. The molecule has 0 saturated carbocycles. The van der Waals surface area contributed by atoms with Crippen LogP contribution >= 0.6 is 0 Å². The average molecular weight is 433 g/mol. The van der Waals surface area contributed by atoms with E-state index in [9.17, 15) is 5.26 Å². The number of pyridine rings is 2. The quantitative estimate of drug-likeness (QED) is 0.771. The van der Waals surface area contributed by atoms with Gasteiger partial charge in [-0.3, -0.25) is 4.90 Å². The molecule has 32 heavy (non-hydrogen) atoms. The van der Waals surface area contributed by atoms with Crippen LogP contribution in [0.25, 0.3) is 0 Å². The van der Waals surface area contributed by atoms with Crippen molar-refractivity contribution in [3.05, 3.63) is 41.6 Å². The third kappa shape index (κ3) is 3.71. The highest BCUT2D eigenvalue weighted by Gasteiger charge is 2.49. The van der Waals surface area contributed by atoms with E-state index in [-0.39, 0.29) is 0 Å². The first kappa shape index (κ1) is 19.9. The van der Waals surface area contributed by atoms with Crippen molar-refractivity contribution in [2.24, 2.45) is 5.41 Å². The van der Waals surface area contributed by atoms with Crippen LogP contribution in [0.5, 0.6) is 0 Å². The van der Waals surface area contributed by atoms with Crippen molar-refractivity contribution in [2.45, 2.75) is 24.8 Å². The SMILES string of the molecule is N#Cc1ccnc(Nc2cc(C3CCN(C4COC4)CC3)cc(N3CC4(COC4)C3)n2)c1. The van der Waals surface area contributed by atoms with Gasteiger partial charge in [0.1, 0.15) is 17.5 Å². The van der Waals surface area contributed by atoms with Gasteiger partial charge in [-0.1, -0.05) is 0 Å². The Balaban J connectivity index is 1.23. The molecule has 8 nitrogen and oxygen atoms in total. The number of hydrogen-bond acceptors (Lipinski definition) is 8. The second kappa shape index (κ2) is 8.00. The van der Waals surface area contributed by atoms with Crippen molar-refractivity contribution >= 4 is 17.5 Å². The van der Waals surface area contributed by atoms with Crippen LogP contribution in [0.3, 0.4) is 0 Å². The minimum Gasteiger partial charge on any atom is -0.380 e. The molecule has 4 aliphatic rings. The highest BCUT2D eigenvalue weighted by atomic mass is 16.5. The number of nitriles is 1. The van der Waals surface area contributed by atoms with Gasteiger partial charge in [0.25, 0.3) is 0 Å². The van der Waals surface area contributed by atoms with Gasteiger partial charge < -0.3 is 19.7 Å². The van der Waals surface area contributed by atoms with E-state index in [1.54, 1.807) is 18.3 Å². The number of piperidine rings is 1. The van der Waals surface area contributed by atoms with Crippen LogP contribution in [0.1, 0.15) is 29.9 Å². The molecule has 6 heterocycles. The second-order valence-corrected chi connectivity index (χ2v) is 9.66. The molecule has 2 aromatic heterocycles. The van der Waals surface area contributed by atoms with Crippen molar-refractivity contribution in [2.75, 3.05) is 62.8 Å². The summed E-state index contributed by atoms with van der Waals surface area (Å²) >= 11 is 0. The van der Waals surface area contributed by atoms with E-state index in [1.807, 2.05) is 0 Å². The molecular formula is C24H28N6O2. The molecule has 0 amide bonds. The molecule has 4 saturated heterocycles. The van der Waals surface area contributed by atoms with Gasteiger partial charge >= 0.3 is 0 Å². The molecule has 0 unspecified atom stereocenters. The molecule has 0 bridgehead atoms. The van der Waals surface area contributed by atoms with Crippen molar-refractivity contribution in [3.8, 4) is 6.07 Å². The van der Waals surface area contributed by atoms with Gasteiger partial charge in [0.2, 0.25) is 0 Å². The Morgan fingerprint density at radius 3 is 2.53 bits per heavy atom. The first-order valence-corrected chi connectivity index (χ1v) is 11.5. The number of nitrogens with one attached hydrogen (secondary N) is 1. The molecule has 0 aromatic carbocycles. The number of aromatic nitrogens is 2. The Labute approximate surface area is 188 Å². The molecule has 2 aromatic rings. The summed E-state index contributed by atoms with van der Waals surface area (Å²) in [6, 6.07) is 10.7. The Morgan fingerprint density at radius 2 is 1.88 bits per heavy atom. The van der Waals surface area contributed by atoms with Crippen LogP contribution in [-0.2, 0) is 9.47 Å². The summed E-state index contributed by atoms with van der Waals surface area (Å²) in [6.07, 6.45) is 3.96. The van der Waals surface area contributed by atoms with Crippen LogP contribution in [0.2, 0.25) is 0 Å². The number of anilines is 3. The minimum absolute atomic E-state index is 0.337. The van der Waals surface area contributed by atoms with Crippen LogP contribution in [0.15, 0.2) is 30.5 Å². The largest absolute Gasteiger partial charge is 0.380 e. The number of ether oxygens (including phenoxy) is 2. The lowest BCUT2D eigenvalue weighted by molar-refractivity contribution is -0.127. The monoisotopic (exact) mass is 432 g/mol. The van der Waals surface area contributed by atoms with E-state index in [0.717, 1.165) is 77.1 Å². The van der Waals surface area contributed by atoms with Crippen molar-refractivity contribution in [3.63, 3.8) is 0 Å². The van der Waals surface area contributed by atoms with E-state index in [4.69, 9.17) is 14.5 Å². The molecule has 8 heteroatoms. The Kier molecular flexibility index (Phi) is 4.98. The zero-order valence-electron chi connectivity index (χ0n) is 18.2. The van der Waals surface area contributed by atoms with Gasteiger partial charge in [-0.25, -0.2) is 9.97 Å². The summed E-state index contributed by atoms with van der Waals surface area (Å²) < 4.78 is 10.8. The number of hydrogen-bond donors (Lipinski definition) is 1. The maximum atomic E-state index is 9.21. The van der Waals surface area contributed by atoms with E-state index in [1.165, 1.54) is 5.56 Å². The third-order valence-corrected chi connectivity index (χ3v) is 7.31. The third-order valence-electron chi connectivity index (χ3n) is 7.31. The van der Waals surface area contributed by atoms with Gasteiger partial charge in [-0.2, -0.15) is 5.26 Å². The molecule has 1 spiro atoms. The van der Waals surface area contributed by atoms with Crippen LogP contribution in [0, 0.1) is 16.7 Å². The summed E-state index contributed by atoms with van der Waals surface area (Å²) in [4.78, 5) is 14.2. The maximum absolute atomic E-state index is 9.21. The van der Waals surface area contributed by atoms with E-state index in [2.05, 4.69) is 38.3 Å². The number of likely N-dealkylation sites (tertiary alicyclic amines) is 1. The van der Waals surface area contributed by atoms with Gasteiger partial charge in [0, 0.05) is 19.3 Å². The Hall–Kier alpha value is -2.73. The van der Waals surface area contributed by atoms with Crippen LogP contribution in [-0.4, -0.2) is 73.5 Å². The molecule has 0 atom stereocenters. The summed E-state index contributed by atoms with van der Waals surface area (Å²) in [7, 11) is 0. The van der Waals surface area contributed by atoms with E-state index >= 15 is 0 Å². The minimum atomic E-state index is 0.337. The van der Waals surface area contributed by atoms with Gasteiger partial charge in [-0.15, -0.1) is 0 Å². The highest BCUT2D eigenvalue weighted by molar-refractivity contribution is 5.59. The summed E-state index contributed by atoms with van der Waals surface area (Å²) in [5, 5.41) is 12.6. The summed E-state index contributed by atoms with van der Waals surface area (Å²) in [5.74, 6) is 2.98. The van der Waals surface area contributed by atoms with Crippen LogP contribution in [0.4, 0.5) is 17.5 Å².